The summed E-state index contributed by atoms with van der Waals surface area (Å²) in [6, 6.07) is 14.9. The number of H-pyrrole nitrogens is 1. The second-order valence-electron chi connectivity index (χ2n) is 5.20. The highest BCUT2D eigenvalue weighted by atomic mass is 16.5. The molecule has 24 heavy (non-hydrogen) atoms. The summed E-state index contributed by atoms with van der Waals surface area (Å²) in [4.78, 5) is 16.6. The van der Waals surface area contributed by atoms with E-state index in [0.717, 1.165) is 27.0 Å². The van der Waals surface area contributed by atoms with Crippen LogP contribution in [0.25, 0.3) is 21.9 Å². The number of hydrogen-bond donors (Lipinski definition) is 1. The van der Waals surface area contributed by atoms with Crippen LogP contribution < -0.4 is 10.3 Å². The van der Waals surface area contributed by atoms with Gasteiger partial charge < -0.3 is 9.72 Å². The molecule has 0 spiro atoms. The first-order valence-corrected chi connectivity index (χ1v) is 7.31. The Balaban J connectivity index is 1.76. The van der Waals surface area contributed by atoms with E-state index in [1.165, 1.54) is 0 Å². The molecule has 0 bridgehead atoms. The highest BCUT2D eigenvalue weighted by molar-refractivity contribution is 6.04. The van der Waals surface area contributed by atoms with Crippen LogP contribution in [-0.2, 0) is 0 Å². The Morgan fingerprint density at radius 3 is 2.75 bits per heavy atom. The molecule has 0 aliphatic rings. The van der Waals surface area contributed by atoms with E-state index in [9.17, 15) is 4.79 Å². The molecule has 0 fully saturated rings. The summed E-state index contributed by atoms with van der Waals surface area (Å²) in [5.41, 5.74) is 2.25. The molecule has 0 saturated heterocycles. The van der Waals surface area contributed by atoms with Crippen molar-refractivity contribution in [1.29, 1.82) is 0 Å². The molecule has 0 radical (unpaired) electrons. The molecular weight excluding hydrogens is 306 g/mol. The van der Waals surface area contributed by atoms with Crippen molar-refractivity contribution in [3.8, 4) is 5.75 Å². The summed E-state index contributed by atoms with van der Waals surface area (Å²) >= 11 is 0. The smallest absolute Gasteiger partial charge is 0.315 e. The predicted octanol–water partition coefficient (Wildman–Crippen LogP) is 2.16. The Bertz CT molecular complexity index is 1110. The van der Waals surface area contributed by atoms with Crippen LogP contribution in [0.15, 0.2) is 58.4 Å². The normalized spacial score (nSPS) is 11.5. The fraction of sp³-hybridized carbons (Fsp3) is 0.0588. The first-order valence-electron chi connectivity index (χ1n) is 7.31. The van der Waals surface area contributed by atoms with Crippen LogP contribution in [0.4, 0.5) is 0 Å². The van der Waals surface area contributed by atoms with Gasteiger partial charge in [-0.15, -0.1) is 5.10 Å². The Hall–Kier alpha value is -3.48. The van der Waals surface area contributed by atoms with Crippen LogP contribution in [0.1, 0.15) is 5.56 Å². The van der Waals surface area contributed by atoms with E-state index in [1.54, 1.807) is 13.3 Å². The summed E-state index contributed by atoms with van der Waals surface area (Å²) in [6.07, 6.45) is 1.55. The van der Waals surface area contributed by atoms with E-state index in [4.69, 9.17) is 4.74 Å². The zero-order valence-electron chi connectivity index (χ0n) is 12.8. The van der Waals surface area contributed by atoms with Crippen LogP contribution >= 0.6 is 0 Å². The molecule has 0 amide bonds. The number of fused-ring (bicyclic) bond motifs is 3. The molecule has 2 heterocycles. The molecular formula is C17H13N5O2. The van der Waals surface area contributed by atoms with Crippen molar-refractivity contribution in [2.24, 2.45) is 5.10 Å². The average Bonchev–Trinajstić information content (AvgIpc) is 3.01. The maximum absolute atomic E-state index is 12.5. The lowest BCUT2D eigenvalue weighted by Crippen LogP contribution is -2.20. The topological polar surface area (TPSA) is 85.2 Å². The molecule has 0 aliphatic carbocycles. The standard InChI is InChI=1S/C17H13N5O2/c1-24-12-8-6-11(7-9-12)10-18-22-17(23)16-15(20-21-22)13-4-2-3-5-14(13)19-16/h2-10,19H,1H3/b18-10+. The quantitative estimate of drug-likeness (QED) is 0.586. The maximum Gasteiger partial charge on any atom is 0.315 e. The SMILES string of the molecule is COc1ccc(/C=N/n2nnc3c([nH]c4ccccc43)c2=O)cc1. The van der Waals surface area contributed by atoms with Gasteiger partial charge >= 0.3 is 5.56 Å². The lowest BCUT2D eigenvalue weighted by molar-refractivity contribution is 0.415. The van der Waals surface area contributed by atoms with Gasteiger partial charge in [0, 0.05) is 10.9 Å². The lowest BCUT2D eigenvalue weighted by Gasteiger charge is -1.99. The summed E-state index contributed by atoms with van der Waals surface area (Å²) in [5, 5.41) is 13.0. The van der Waals surface area contributed by atoms with Crippen molar-refractivity contribution < 1.29 is 4.74 Å². The van der Waals surface area contributed by atoms with Crippen LogP contribution in [0, 0.1) is 0 Å². The zero-order chi connectivity index (χ0) is 16.5. The number of aromatic amines is 1. The summed E-state index contributed by atoms with van der Waals surface area (Å²) in [5.74, 6) is 0.753. The zero-order valence-corrected chi connectivity index (χ0v) is 12.8. The van der Waals surface area contributed by atoms with Gasteiger partial charge in [-0.1, -0.05) is 23.0 Å². The van der Waals surface area contributed by atoms with Gasteiger partial charge in [0.05, 0.1) is 13.3 Å². The minimum Gasteiger partial charge on any atom is -0.497 e. The number of rotatable bonds is 3. The maximum atomic E-state index is 12.5. The molecule has 1 N–H and O–H groups in total. The third-order valence-electron chi connectivity index (χ3n) is 3.74. The first-order chi connectivity index (χ1) is 11.8. The molecule has 4 aromatic rings. The molecule has 0 atom stereocenters. The lowest BCUT2D eigenvalue weighted by atomic mass is 10.2. The molecule has 4 rings (SSSR count). The van der Waals surface area contributed by atoms with Gasteiger partial charge in [0.1, 0.15) is 16.8 Å². The van der Waals surface area contributed by atoms with Gasteiger partial charge in [0.15, 0.2) is 0 Å². The second-order valence-corrected chi connectivity index (χ2v) is 5.20. The number of aromatic nitrogens is 4. The van der Waals surface area contributed by atoms with Crippen molar-refractivity contribution >= 4 is 28.2 Å². The second kappa shape index (κ2) is 5.62. The highest BCUT2D eigenvalue weighted by Crippen LogP contribution is 2.19. The van der Waals surface area contributed by atoms with Gasteiger partial charge in [-0.05, 0) is 41.1 Å². The number of hydrogen-bond acceptors (Lipinski definition) is 5. The number of methoxy groups -OCH3 is 1. The third kappa shape index (κ3) is 2.32. The van der Waals surface area contributed by atoms with E-state index in [0.29, 0.717) is 11.0 Å². The average molecular weight is 319 g/mol. The summed E-state index contributed by atoms with van der Waals surface area (Å²) in [7, 11) is 1.60. The van der Waals surface area contributed by atoms with Gasteiger partial charge in [0.25, 0.3) is 0 Å². The molecule has 2 aromatic heterocycles. The molecule has 2 aromatic carbocycles. The van der Waals surface area contributed by atoms with Crippen molar-refractivity contribution in [2.75, 3.05) is 7.11 Å². The first kappa shape index (κ1) is 14.1. The Morgan fingerprint density at radius 1 is 1.17 bits per heavy atom. The molecule has 7 heteroatoms. The Kier molecular flexibility index (Phi) is 3.31. The van der Waals surface area contributed by atoms with Crippen LogP contribution in [0.3, 0.4) is 0 Å². The number of benzene rings is 2. The van der Waals surface area contributed by atoms with Gasteiger partial charge in [-0.25, -0.2) is 0 Å². The van der Waals surface area contributed by atoms with Crippen molar-refractivity contribution in [3.63, 3.8) is 0 Å². The molecule has 118 valence electrons. The molecule has 0 aliphatic heterocycles. The monoisotopic (exact) mass is 319 g/mol. The van der Waals surface area contributed by atoms with E-state index in [2.05, 4.69) is 20.4 Å². The number of nitrogens with one attached hydrogen (secondary N) is 1. The van der Waals surface area contributed by atoms with Gasteiger partial charge in [-0.3, -0.25) is 4.79 Å². The van der Waals surface area contributed by atoms with Gasteiger partial charge in [0.2, 0.25) is 0 Å². The van der Waals surface area contributed by atoms with E-state index < -0.39 is 0 Å². The minimum absolute atomic E-state index is 0.346. The Labute approximate surface area is 136 Å². The van der Waals surface area contributed by atoms with E-state index >= 15 is 0 Å². The fourth-order valence-corrected chi connectivity index (χ4v) is 2.50. The predicted molar refractivity (Wildman–Crippen MR) is 91.6 cm³/mol. The van der Waals surface area contributed by atoms with Crippen molar-refractivity contribution in [1.82, 2.24) is 20.1 Å². The van der Waals surface area contributed by atoms with Crippen LogP contribution in [-0.4, -0.2) is 33.4 Å². The number of ether oxygens (including phenoxy) is 1. The largest absolute Gasteiger partial charge is 0.497 e. The fourth-order valence-electron chi connectivity index (χ4n) is 2.50. The summed E-state index contributed by atoms with van der Waals surface area (Å²) < 4.78 is 5.10. The van der Waals surface area contributed by atoms with Crippen molar-refractivity contribution in [2.45, 2.75) is 0 Å². The highest BCUT2D eigenvalue weighted by Gasteiger charge is 2.10. The molecule has 0 unspecified atom stereocenters. The third-order valence-corrected chi connectivity index (χ3v) is 3.74. The molecule has 7 nitrogen and oxygen atoms in total. The summed E-state index contributed by atoms with van der Waals surface area (Å²) in [6.45, 7) is 0. The number of nitrogens with zero attached hydrogens (tertiary/aromatic N) is 4. The van der Waals surface area contributed by atoms with Crippen molar-refractivity contribution in [3.05, 3.63) is 64.4 Å². The van der Waals surface area contributed by atoms with Gasteiger partial charge in [-0.2, -0.15) is 5.10 Å². The number of para-hydroxylation sites is 1. The van der Waals surface area contributed by atoms with Crippen LogP contribution in [0.5, 0.6) is 5.75 Å². The minimum atomic E-state index is -0.346. The molecule has 0 saturated carbocycles. The van der Waals surface area contributed by atoms with E-state index in [1.807, 2.05) is 48.5 Å². The van der Waals surface area contributed by atoms with Crippen LogP contribution in [0.2, 0.25) is 0 Å². The van der Waals surface area contributed by atoms with E-state index in [-0.39, 0.29) is 5.56 Å². The Morgan fingerprint density at radius 2 is 1.96 bits per heavy atom.